The Hall–Kier alpha value is -1.92. The van der Waals surface area contributed by atoms with E-state index in [0.29, 0.717) is 15.7 Å². The lowest BCUT2D eigenvalue weighted by Gasteiger charge is -2.08. The quantitative estimate of drug-likeness (QED) is 0.650. The molecule has 0 aliphatic rings. The Morgan fingerprint density at radius 1 is 1.24 bits per heavy atom. The molecule has 0 atom stereocenters. The third-order valence-electron chi connectivity index (χ3n) is 3.04. The molecule has 1 aromatic heterocycles. The minimum Gasteiger partial charge on any atom is -0.396 e. The Kier molecular flexibility index (Phi) is 3.65. The fourth-order valence-corrected chi connectivity index (χ4v) is 3.25. The van der Waals surface area contributed by atoms with Crippen molar-refractivity contribution in [1.82, 2.24) is 0 Å². The molecule has 1 amide bonds. The summed E-state index contributed by atoms with van der Waals surface area (Å²) < 4.78 is 14.8. The van der Waals surface area contributed by atoms with E-state index in [9.17, 15) is 9.18 Å². The van der Waals surface area contributed by atoms with Crippen molar-refractivity contribution in [2.45, 2.75) is 0 Å². The van der Waals surface area contributed by atoms with Crippen LogP contribution in [0.25, 0.3) is 10.1 Å². The second-order valence-corrected chi connectivity index (χ2v) is 6.28. The number of benzene rings is 2. The van der Waals surface area contributed by atoms with E-state index in [1.54, 1.807) is 11.3 Å². The summed E-state index contributed by atoms with van der Waals surface area (Å²) in [6.45, 7) is 0. The number of thiophene rings is 1. The first-order valence-electron chi connectivity index (χ1n) is 6.08. The lowest BCUT2D eigenvalue weighted by Crippen LogP contribution is -2.13. The molecule has 0 fully saturated rings. The van der Waals surface area contributed by atoms with E-state index in [0.717, 1.165) is 10.1 Å². The van der Waals surface area contributed by atoms with Gasteiger partial charge in [0.05, 0.1) is 11.3 Å². The van der Waals surface area contributed by atoms with Gasteiger partial charge in [0, 0.05) is 14.9 Å². The number of anilines is 2. The van der Waals surface area contributed by atoms with Crippen molar-refractivity contribution < 1.29 is 9.18 Å². The van der Waals surface area contributed by atoms with Crippen molar-refractivity contribution in [2.24, 2.45) is 0 Å². The minimum atomic E-state index is -0.557. The SMILES string of the molecule is Nc1cc(C(=O)Nc2ccc3sccc3c2)c(Br)cc1F. The molecule has 3 nitrogen and oxygen atoms in total. The van der Waals surface area contributed by atoms with E-state index in [-0.39, 0.29) is 11.6 Å². The topological polar surface area (TPSA) is 55.1 Å². The van der Waals surface area contributed by atoms with Crippen LogP contribution in [0.2, 0.25) is 0 Å². The molecule has 1 heterocycles. The van der Waals surface area contributed by atoms with Crippen LogP contribution < -0.4 is 11.1 Å². The van der Waals surface area contributed by atoms with Gasteiger partial charge in [-0.2, -0.15) is 0 Å². The Balaban J connectivity index is 1.90. The van der Waals surface area contributed by atoms with Crippen molar-refractivity contribution in [2.75, 3.05) is 11.1 Å². The first-order valence-corrected chi connectivity index (χ1v) is 7.75. The molecule has 0 saturated heterocycles. The van der Waals surface area contributed by atoms with E-state index in [2.05, 4.69) is 21.2 Å². The Labute approximate surface area is 132 Å². The largest absolute Gasteiger partial charge is 0.396 e. The van der Waals surface area contributed by atoms with Gasteiger partial charge < -0.3 is 11.1 Å². The first-order chi connectivity index (χ1) is 10.0. The van der Waals surface area contributed by atoms with E-state index in [1.165, 1.54) is 12.1 Å². The van der Waals surface area contributed by atoms with Crippen LogP contribution in [0.4, 0.5) is 15.8 Å². The van der Waals surface area contributed by atoms with Crippen LogP contribution in [0.1, 0.15) is 10.4 Å². The predicted molar refractivity (Wildman–Crippen MR) is 88.3 cm³/mol. The molecule has 3 rings (SSSR count). The van der Waals surface area contributed by atoms with Crippen LogP contribution in [0, 0.1) is 5.82 Å². The monoisotopic (exact) mass is 364 g/mol. The van der Waals surface area contributed by atoms with Crippen molar-refractivity contribution in [3.8, 4) is 0 Å². The summed E-state index contributed by atoms with van der Waals surface area (Å²) in [5, 5.41) is 5.84. The summed E-state index contributed by atoms with van der Waals surface area (Å²) in [6, 6.07) is 10.2. The second-order valence-electron chi connectivity index (χ2n) is 4.48. The molecule has 0 unspecified atom stereocenters. The third-order valence-corrected chi connectivity index (χ3v) is 4.60. The number of nitrogens with two attached hydrogens (primary N) is 1. The highest BCUT2D eigenvalue weighted by molar-refractivity contribution is 9.10. The van der Waals surface area contributed by atoms with Gasteiger partial charge in [0.1, 0.15) is 5.82 Å². The fraction of sp³-hybridized carbons (Fsp3) is 0. The van der Waals surface area contributed by atoms with Crippen LogP contribution in [0.5, 0.6) is 0 Å². The lowest BCUT2D eigenvalue weighted by atomic mass is 10.1. The minimum absolute atomic E-state index is 0.0587. The van der Waals surface area contributed by atoms with Gasteiger partial charge >= 0.3 is 0 Å². The number of amides is 1. The maximum Gasteiger partial charge on any atom is 0.256 e. The van der Waals surface area contributed by atoms with E-state index in [4.69, 9.17) is 5.73 Å². The highest BCUT2D eigenvalue weighted by Crippen LogP contribution is 2.26. The number of carbonyl (C=O) groups is 1. The zero-order valence-electron chi connectivity index (χ0n) is 10.7. The normalized spacial score (nSPS) is 10.8. The molecular formula is C15H10BrFN2OS. The number of rotatable bonds is 2. The second kappa shape index (κ2) is 5.46. The lowest BCUT2D eigenvalue weighted by molar-refractivity contribution is 0.102. The number of nitrogens with one attached hydrogen (secondary N) is 1. The van der Waals surface area contributed by atoms with Gasteiger partial charge in [0.25, 0.3) is 5.91 Å². The van der Waals surface area contributed by atoms with Crippen molar-refractivity contribution >= 4 is 54.6 Å². The van der Waals surface area contributed by atoms with Crippen LogP contribution in [0.3, 0.4) is 0 Å². The molecule has 106 valence electrons. The van der Waals surface area contributed by atoms with E-state index >= 15 is 0 Å². The Morgan fingerprint density at radius 3 is 2.86 bits per heavy atom. The predicted octanol–water partition coefficient (Wildman–Crippen LogP) is 4.64. The maximum atomic E-state index is 13.3. The number of nitrogen functional groups attached to an aromatic ring is 1. The summed E-state index contributed by atoms with van der Waals surface area (Å²) in [4.78, 5) is 12.3. The molecule has 2 aromatic carbocycles. The van der Waals surface area contributed by atoms with Crippen LogP contribution >= 0.6 is 27.3 Å². The molecule has 21 heavy (non-hydrogen) atoms. The maximum absolute atomic E-state index is 13.3. The highest BCUT2D eigenvalue weighted by Gasteiger charge is 2.13. The zero-order valence-corrected chi connectivity index (χ0v) is 13.1. The van der Waals surface area contributed by atoms with Gasteiger partial charge in [-0.1, -0.05) is 0 Å². The molecule has 0 radical (unpaired) electrons. The number of hydrogen-bond acceptors (Lipinski definition) is 3. The standard InChI is InChI=1S/C15H10BrFN2OS/c16-11-7-12(17)13(18)6-10(11)15(20)19-9-1-2-14-8(5-9)3-4-21-14/h1-7H,18H2,(H,19,20). The van der Waals surface area contributed by atoms with Gasteiger partial charge in [-0.25, -0.2) is 4.39 Å². The van der Waals surface area contributed by atoms with Crippen LogP contribution in [0.15, 0.2) is 46.3 Å². The molecule has 0 aliphatic heterocycles. The molecule has 3 aromatic rings. The molecule has 0 aliphatic carbocycles. The average Bonchev–Trinajstić information content (AvgIpc) is 2.90. The fourth-order valence-electron chi connectivity index (χ4n) is 1.98. The number of carbonyl (C=O) groups excluding carboxylic acids is 1. The van der Waals surface area contributed by atoms with Crippen molar-refractivity contribution in [1.29, 1.82) is 0 Å². The summed E-state index contributed by atoms with van der Waals surface area (Å²) in [5.41, 5.74) is 6.42. The van der Waals surface area contributed by atoms with Crippen molar-refractivity contribution in [3.05, 3.63) is 57.6 Å². The molecule has 0 bridgehead atoms. The van der Waals surface area contributed by atoms with Crippen LogP contribution in [-0.4, -0.2) is 5.91 Å². The van der Waals surface area contributed by atoms with Gasteiger partial charge in [-0.3, -0.25) is 4.79 Å². The Morgan fingerprint density at radius 2 is 2.05 bits per heavy atom. The summed E-state index contributed by atoms with van der Waals surface area (Å²) in [7, 11) is 0. The highest BCUT2D eigenvalue weighted by atomic mass is 79.9. The molecular weight excluding hydrogens is 355 g/mol. The van der Waals surface area contributed by atoms with E-state index < -0.39 is 5.82 Å². The average molecular weight is 365 g/mol. The first kappa shape index (κ1) is 14.0. The number of hydrogen-bond donors (Lipinski definition) is 2. The summed E-state index contributed by atoms with van der Waals surface area (Å²) in [6.07, 6.45) is 0. The molecule has 6 heteroatoms. The smallest absolute Gasteiger partial charge is 0.256 e. The summed E-state index contributed by atoms with van der Waals surface area (Å²) >= 11 is 4.81. The molecule has 0 saturated carbocycles. The molecule has 3 N–H and O–H groups in total. The zero-order chi connectivity index (χ0) is 15.0. The van der Waals surface area contributed by atoms with Gasteiger partial charge in [-0.05, 0) is 63.1 Å². The van der Waals surface area contributed by atoms with Crippen molar-refractivity contribution in [3.63, 3.8) is 0 Å². The van der Waals surface area contributed by atoms with Gasteiger partial charge in [0.15, 0.2) is 0 Å². The Bertz CT molecular complexity index is 847. The third kappa shape index (κ3) is 2.77. The van der Waals surface area contributed by atoms with Crippen LogP contribution in [-0.2, 0) is 0 Å². The van der Waals surface area contributed by atoms with E-state index in [1.807, 2.05) is 29.6 Å². The molecule has 0 spiro atoms. The number of halogens is 2. The summed E-state index contributed by atoms with van der Waals surface area (Å²) in [5.74, 6) is -0.902. The van der Waals surface area contributed by atoms with Gasteiger partial charge in [0.2, 0.25) is 0 Å². The number of fused-ring (bicyclic) bond motifs is 1. The van der Waals surface area contributed by atoms with Gasteiger partial charge in [-0.15, -0.1) is 11.3 Å².